The van der Waals surface area contributed by atoms with Crippen molar-refractivity contribution in [2.45, 2.75) is 19.0 Å². The Morgan fingerprint density at radius 3 is 3.21 bits per heavy atom. The second-order valence-electron chi connectivity index (χ2n) is 3.99. The molecule has 1 unspecified atom stereocenters. The van der Waals surface area contributed by atoms with Crippen molar-refractivity contribution in [3.8, 4) is 0 Å². The molecular weight excluding hydrogens is 174 g/mol. The van der Waals surface area contributed by atoms with Crippen LogP contribution in [-0.4, -0.2) is 36.1 Å². The summed E-state index contributed by atoms with van der Waals surface area (Å²) < 4.78 is 0. The third kappa shape index (κ3) is 2.53. The number of likely N-dealkylation sites (N-methyl/N-ethyl adjacent to an activating group) is 1. The van der Waals surface area contributed by atoms with Gasteiger partial charge < -0.3 is 10.2 Å². The summed E-state index contributed by atoms with van der Waals surface area (Å²) in [4.78, 5) is 6.46. The topological polar surface area (TPSA) is 28.2 Å². The van der Waals surface area contributed by atoms with E-state index in [1.165, 1.54) is 25.1 Å². The molecule has 1 aliphatic rings. The average Bonchev–Trinajstić information content (AvgIpc) is 2.63. The summed E-state index contributed by atoms with van der Waals surface area (Å²) in [7, 11) is 2.17. The lowest BCUT2D eigenvalue weighted by atomic mass is 10.2. The first-order chi connectivity index (χ1) is 6.84. The zero-order chi connectivity index (χ0) is 9.80. The van der Waals surface area contributed by atoms with E-state index in [4.69, 9.17) is 0 Å². The van der Waals surface area contributed by atoms with E-state index in [1.54, 1.807) is 0 Å². The lowest BCUT2D eigenvalue weighted by molar-refractivity contribution is 0.397. The van der Waals surface area contributed by atoms with Crippen molar-refractivity contribution in [2.75, 3.05) is 20.1 Å². The van der Waals surface area contributed by atoms with Gasteiger partial charge in [-0.2, -0.15) is 0 Å². The number of hydrogen-bond acceptors (Lipinski definition) is 3. The highest BCUT2D eigenvalue weighted by atomic mass is 15.2. The summed E-state index contributed by atoms with van der Waals surface area (Å²) in [5.41, 5.74) is 1.27. The second kappa shape index (κ2) is 4.53. The Hall–Kier alpha value is -0.930. The summed E-state index contributed by atoms with van der Waals surface area (Å²) in [6, 6.07) is 4.75. The van der Waals surface area contributed by atoms with E-state index in [0.29, 0.717) is 6.04 Å². The fourth-order valence-electron chi connectivity index (χ4n) is 1.87. The van der Waals surface area contributed by atoms with Crippen molar-refractivity contribution in [2.24, 2.45) is 0 Å². The van der Waals surface area contributed by atoms with Crippen LogP contribution in [0.3, 0.4) is 0 Å². The summed E-state index contributed by atoms with van der Waals surface area (Å²) in [5, 5.41) is 3.55. The van der Waals surface area contributed by atoms with Gasteiger partial charge in [-0.15, -0.1) is 0 Å². The van der Waals surface area contributed by atoms with Gasteiger partial charge in [0.2, 0.25) is 0 Å². The molecule has 2 rings (SSSR count). The maximum absolute atomic E-state index is 4.09. The summed E-state index contributed by atoms with van der Waals surface area (Å²) >= 11 is 0. The molecular formula is C11H17N3. The third-order valence-electron chi connectivity index (χ3n) is 2.71. The Balaban J connectivity index is 1.78. The van der Waals surface area contributed by atoms with E-state index in [-0.39, 0.29) is 0 Å². The van der Waals surface area contributed by atoms with Crippen LogP contribution < -0.4 is 5.32 Å². The lowest BCUT2D eigenvalue weighted by Crippen LogP contribution is -2.30. The van der Waals surface area contributed by atoms with Crippen LogP contribution in [0.25, 0.3) is 0 Å². The lowest BCUT2D eigenvalue weighted by Gasteiger charge is -2.12. The molecule has 1 aromatic heterocycles. The highest BCUT2D eigenvalue weighted by Crippen LogP contribution is 2.07. The molecule has 0 amide bonds. The predicted molar refractivity (Wildman–Crippen MR) is 57.0 cm³/mol. The second-order valence-corrected chi connectivity index (χ2v) is 3.99. The first-order valence-electron chi connectivity index (χ1n) is 5.15. The molecule has 0 saturated carbocycles. The van der Waals surface area contributed by atoms with Gasteiger partial charge in [-0.05, 0) is 31.6 Å². The zero-order valence-corrected chi connectivity index (χ0v) is 8.61. The first kappa shape index (κ1) is 9.62. The molecule has 0 aromatic carbocycles. The molecule has 2 heterocycles. The van der Waals surface area contributed by atoms with Crippen LogP contribution in [-0.2, 0) is 6.54 Å². The number of pyridine rings is 1. The Labute approximate surface area is 85.1 Å². The molecule has 0 aliphatic carbocycles. The normalized spacial score (nSPS) is 22.8. The number of aromatic nitrogens is 1. The number of nitrogens with one attached hydrogen (secondary N) is 1. The molecule has 14 heavy (non-hydrogen) atoms. The van der Waals surface area contributed by atoms with Gasteiger partial charge in [-0.1, -0.05) is 6.07 Å². The molecule has 0 radical (unpaired) electrons. The average molecular weight is 191 g/mol. The van der Waals surface area contributed by atoms with Crippen molar-refractivity contribution < 1.29 is 0 Å². The zero-order valence-electron chi connectivity index (χ0n) is 8.61. The molecule has 0 bridgehead atoms. The Kier molecular flexibility index (Phi) is 3.11. The van der Waals surface area contributed by atoms with Crippen LogP contribution in [0.1, 0.15) is 12.0 Å². The molecule has 3 heteroatoms. The van der Waals surface area contributed by atoms with Gasteiger partial charge in [0, 0.05) is 31.5 Å². The molecule has 1 fully saturated rings. The van der Waals surface area contributed by atoms with Gasteiger partial charge in [0.1, 0.15) is 0 Å². The summed E-state index contributed by atoms with van der Waals surface area (Å²) in [5.74, 6) is 0. The van der Waals surface area contributed by atoms with Crippen molar-refractivity contribution in [1.29, 1.82) is 0 Å². The third-order valence-corrected chi connectivity index (χ3v) is 2.71. The molecule has 1 aliphatic heterocycles. The molecule has 3 nitrogen and oxygen atoms in total. The van der Waals surface area contributed by atoms with Crippen LogP contribution >= 0.6 is 0 Å². The van der Waals surface area contributed by atoms with E-state index in [0.717, 1.165) is 6.54 Å². The van der Waals surface area contributed by atoms with E-state index in [9.17, 15) is 0 Å². The molecule has 1 aromatic rings. The first-order valence-corrected chi connectivity index (χ1v) is 5.15. The smallest absolute Gasteiger partial charge is 0.0312 e. The van der Waals surface area contributed by atoms with E-state index in [1.807, 2.05) is 18.5 Å². The highest BCUT2D eigenvalue weighted by molar-refractivity contribution is 5.08. The van der Waals surface area contributed by atoms with Crippen LogP contribution in [0.5, 0.6) is 0 Å². The number of likely N-dealkylation sites (tertiary alicyclic amines) is 1. The van der Waals surface area contributed by atoms with Crippen molar-refractivity contribution in [1.82, 2.24) is 15.2 Å². The maximum atomic E-state index is 4.09. The van der Waals surface area contributed by atoms with Gasteiger partial charge >= 0.3 is 0 Å². The quantitative estimate of drug-likeness (QED) is 0.768. The molecule has 1 atom stereocenters. The minimum atomic E-state index is 0.653. The molecule has 76 valence electrons. The van der Waals surface area contributed by atoms with E-state index in [2.05, 4.69) is 28.3 Å². The number of rotatable bonds is 3. The highest BCUT2D eigenvalue weighted by Gasteiger charge is 2.18. The van der Waals surface area contributed by atoms with Crippen molar-refractivity contribution in [3.05, 3.63) is 30.1 Å². The minimum Gasteiger partial charge on any atom is -0.309 e. The van der Waals surface area contributed by atoms with Crippen LogP contribution in [0.15, 0.2) is 24.5 Å². The number of hydrogen-bond donors (Lipinski definition) is 1. The Morgan fingerprint density at radius 1 is 1.64 bits per heavy atom. The fraction of sp³-hybridized carbons (Fsp3) is 0.545. The summed E-state index contributed by atoms with van der Waals surface area (Å²) in [6.07, 6.45) is 5.00. The Morgan fingerprint density at radius 2 is 2.57 bits per heavy atom. The maximum Gasteiger partial charge on any atom is 0.0312 e. The number of nitrogens with zero attached hydrogens (tertiary/aromatic N) is 2. The van der Waals surface area contributed by atoms with Gasteiger partial charge in [-0.3, -0.25) is 4.98 Å². The SMILES string of the molecule is CN1CCC(NCc2cccnc2)C1. The standard InChI is InChI=1S/C11H17N3/c1-14-6-4-11(9-14)13-8-10-3-2-5-12-7-10/h2-3,5,7,11,13H,4,6,8-9H2,1H3. The largest absolute Gasteiger partial charge is 0.309 e. The van der Waals surface area contributed by atoms with Crippen LogP contribution in [0, 0.1) is 0 Å². The van der Waals surface area contributed by atoms with E-state index >= 15 is 0 Å². The predicted octanol–water partition coefficient (Wildman–Crippen LogP) is 0.875. The van der Waals surface area contributed by atoms with Gasteiger partial charge in [0.05, 0.1) is 0 Å². The molecule has 1 N–H and O–H groups in total. The van der Waals surface area contributed by atoms with Crippen LogP contribution in [0.4, 0.5) is 0 Å². The summed E-state index contributed by atoms with van der Waals surface area (Å²) in [6.45, 7) is 3.32. The monoisotopic (exact) mass is 191 g/mol. The Bertz CT molecular complexity index is 273. The van der Waals surface area contributed by atoms with E-state index < -0.39 is 0 Å². The van der Waals surface area contributed by atoms with Crippen molar-refractivity contribution in [3.63, 3.8) is 0 Å². The van der Waals surface area contributed by atoms with Crippen molar-refractivity contribution >= 4 is 0 Å². The van der Waals surface area contributed by atoms with Gasteiger partial charge in [0.15, 0.2) is 0 Å². The van der Waals surface area contributed by atoms with Gasteiger partial charge in [0.25, 0.3) is 0 Å². The van der Waals surface area contributed by atoms with Crippen LogP contribution in [0.2, 0.25) is 0 Å². The minimum absolute atomic E-state index is 0.653. The van der Waals surface area contributed by atoms with Gasteiger partial charge in [-0.25, -0.2) is 0 Å². The molecule has 1 saturated heterocycles. The molecule has 0 spiro atoms. The fourth-order valence-corrected chi connectivity index (χ4v) is 1.87.